The van der Waals surface area contributed by atoms with Gasteiger partial charge in [0.15, 0.2) is 0 Å². The topological polar surface area (TPSA) is 75.6 Å². The zero-order chi connectivity index (χ0) is 16.0. The fourth-order valence-corrected chi connectivity index (χ4v) is 1.97. The maximum absolute atomic E-state index is 12.3. The van der Waals surface area contributed by atoms with Gasteiger partial charge >= 0.3 is 5.97 Å². The van der Waals surface area contributed by atoms with E-state index in [1.54, 1.807) is 67.6 Å². The largest absolute Gasteiger partial charge is 0.477 e. The van der Waals surface area contributed by atoms with Crippen LogP contribution < -0.4 is 10.1 Å². The number of hydrogen-bond donors (Lipinski definition) is 2. The quantitative estimate of drug-likeness (QED) is 0.804. The molecule has 0 heterocycles. The van der Waals surface area contributed by atoms with Crippen LogP contribution >= 0.6 is 0 Å². The maximum atomic E-state index is 12.3. The second kappa shape index (κ2) is 6.76. The molecule has 0 radical (unpaired) electrons. The molecule has 0 aromatic heterocycles. The van der Waals surface area contributed by atoms with E-state index in [1.165, 1.54) is 0 Å². The van der Waals surface area contributed by atoms with Crippen molar-refractivity contribution in [3.8, 4) is 5.75 Å². The minimum Gasteiger partial charge on any atom is -0.477 e. The van der Waals surface area contributed by atoms with Gasteiger partial charge < -0.3 is 15.2 Å². The molecular formula is C17H17NO4. The lowest BCUT2D eigenvalue weighted by atomic mass is 10.1. The number of nitrogens with one attached hydrogen (secondary N) is 1. The van der Waals surface area contributed by atoms with Crippen molar-refractivity contribution in [2.24, 2.45) is 0 Å². The smallest absolute Gasteiger partial charge is 0.370 e. The Morgan fingerprint density at radius 2 is 1.59 bits per heavy atom. The molecule has 0 spiro atoms. The van der Waals surface area contributed by atoms with Crippen LogP contribution in [-0.2, 0) is 4.79 Å². The van der Waals surface area contributed by atoms with Crippen LogP contribution in [0.5, 0.6) is 5.75 Å². The van der Waals surface area contributed by atoms with E-state index < -0.39 is 17.6 Å². The average Bonchev–Trinajstić information content (AvgIpc) is 2.55. The fraction of sp³-hybridized carbons (Fsp3) is 0.176. The lowest BCUT2D eigenvalue weighted by molar-refractivity contribution is -0.158. The number of benzene rings is 2. The molecule has 1 amide bonds. The highest BCUT2D eigenvalue weighted by atomic mass is 16.5. The highest BCUT2D eigenvalue weighted by molar-refractivity contribution is 5.97. The second-order valence-electron chi connectivity index (χ2n) is 4.72. The van der Waals surface area contributed by atoms with Gasteiger partial charge in [-0.25, -0.2) is 4.79 Å². The van der Waals surface area contributed by atoms with E-state index in [2.05, 4.69) is 5.32 Å². The molecule has 2 N–H and O–H groups in total. The van der Waals surface area contributed by atoms with E-state index in [1.807, 2.05) is 0 Å². The van der Waals surface area contributed by atoms with Crippen molar-refractivity contribution in [3.05, 3.63) is 66.2 Å². The van der Waals surface area contributed by atoms with Gasteiger partial charge in [0, 0.05) is 12.0 Å². The first kappa shape index (κ1) is 15.6. The Labute approximate surface area is 128 Å². The summed E-state index contributed by atoms with van der Waals surface area (Å²) in [7, 11) is 0. The number of aliphatic carboxylic acids is 1. The molecule has 2 aromatic carbocycles. The van der Waals surface area contributed by atoms with Crippen molar-refractivity contribution in [2.75, 3.05) is 0 Å². The van der Waals surface area contributed by atoms with Crippen LogP contribution in [0.1, 0.15) is 23.7 Å². The van der Waals surface area contributed by atoms with Crippen molar-refractivity contribution in [3.63, 3.8) is 0 Å². The third-order valence-corrected chi connectivity index (χ3v) is 3.23. The van der Waals surface area contributed by atoms with Crippen molar-refractivity contribution < 1.29 is 19.4 Å². The number of ether oxygens (including phenoxy) is 1. The third kappa shape index (κ3) is 3.44. The molecule has 0 aliphatic heterocycles. The van der Waals surface area contributed by atoms with Gasteiger partial charge in [-0.3, -0.25) is 4.79 Å². The fourth-order valence-electron chi connectivity index (χ4n) is 1.97. The summed E-state index contributed by atoms with van der Waals surface area (Å²) in [6, 6.07) is 17.0. The number of rotatable bonds is 6. The molecule has 114 valence electrons. The van der Waals surface area contributed by atoms with Gasteiger partial charge in [0.05, 0.1) is 0 Å². The molecule has 5 nitrogen and oxygen atoms in total. The van der Waals surface area contributed by atoms with Gasteiger partial charge in [0.2, 0.25) is 0 Å². The number of carbonyl (C=O) groups is 2. The van der Waals surface area contributed by atoms with Crippen molar-refractivity contribution >= 4 is 11.9 Å². The summed E-state index contributed by atoms with van der Waals surface area (Å²) in [5.41, 5.74) is -1.44. The second-order valence-corrected chi connectivity index (χ2v) is 4.72. The van der Waals surface area contributed by atoms with Crippen LogP contribution in [-0.4, -0.2) is 22.7 Å². The number of carbonyl (C=O) groups excluding carboxylic acids is 1. The van der Waals surface area contributed by atoms with Crippen LogP contribution in [0.2, 0.25) is 0 Å². The normalized spacial score (nSPS) is 13.0. The average molecular weight is 299 g/mol. The summed E-state index contributed by atoms with van der Waals surface area (Å²) in [4.78, 5) is 23.9. The zero-order valence-electron chi connectivity index (χ0n) is 12.2. The lowest BCUT2D eigenvalue weighted by Gasteiger charge is -2.30. The van der Waals surface area contributed by atoms with E-state index in [0.29, 0.717) is 11.3 Å². The Morgan fingerprint density at radius 1 is 1.05 bits per heavy atom. The van der Waals surface area contributed by atoms with Gasteiger partial charge in [-0.15, -0.1) is 0 Å². The third-order valence-electron chi connectivity index (χ3n) is 3.23. The predicted molar refractivity (Wildman–Crippen MR) is 81.6 cm³/mol. The number of para-hydroxylation sites is 1. The standard InChI is InChI=1S/C17H17NO4/c1-2-17(16(20)21,22-14-11-7-4-8-12-14)18-15(19)13-9-5-3-6-10-13/h3-12H,2H2,1H3,(H,18,19)(H,20,21). The Morgan fingerprint density at radius 3 is 2.09 bits per heavy atom. The van der Waals surface area contributed by atoms with E-state index in [0.717, 1.165) is 0 Å². The molecule has 2 rings (SSSR count). The Balaban J connectivity index is 2.26. The molecule has 22 heavy (non-hydrogen) atoms. The molecule has 0 saturated heterocycles. The Bertz CT molecular complexity index is 642. The lowest BCUT2D eigenvalue weighted by Crippen LogP contribution is -2.58. The summed E-state index contributed by atoms with van der Waals surface area (Å²) < 4.78 is 5.57. The first-order chi connectivity index (χ1) is 10.6. The van der Waals surface area contributed by atoms with Gasteiger partial charge in [-0.1, -0.05) is 43.3 Å². The van der Waals surface area contributed by atoms with E-state index in [9.17, 15) is 14.7 Å². The van der Waals surface area contributed by atoms with Gasteiger partial charge in [-0.2, -0.15) is 0 Å². The predicted octanol–water partition coefficient (Wildman–Crippen LogP) is 2.69. The molecule has 0 aliphatic carbocycles. The zero-order valence-corrected chi connectivity index (χ0v) is 12.2. The van der Waals surface area contributed by atoms with Crippen LogP contribution in [0, 0.1) is 0 Å². The van der Waals surface area contributed by atoms with Crippen LogP contribution in [0.25, 0.3) is 0 Å². The minimum atomic E-state index is -1.81. The number of carboxylic acids is 1. The summed E-state index contributed by atoms with van der Waals surface area (Å²) in [6.45, 7) is 1.64. The van der Waals surface area contributed by atoms with Gasteiger partial charge in [-0.05, 0) is 24.3 Å². The van der Waals surface area contributed by atoms with Crippen LogP contribution in [0.4, 0.5) is 0 Å². The molecule has 0 fully saturated rings. The number of carboxylic acid groups (broad SMARTS) is 1. The highest BCUT2D eigenvalue weighted by Crippen LogP contribution is 2.20. The van der Waals surface area contributed by atoms with E-state index in [-0.39, 0.29) is 6.42 Å². The van der Waals surface area contributed by atoms with Crippen molar-refractivity contribution in [1.29, 1.82) is 0 Å². The van der Waals surface area contributed by atoms with E-state index in [4.69, 9.17) is 4.74 Å². The molecule has 5 heteroatoms. The summed E-state index contributed by atoms with van der Waals surface area (Å²) in [5.74, 6) is -1.37. The summed E-state index contributed by atoms with van der Waals surface area (Å²) >= 11 is 0. The van der Waals surface area contributed by atoms with Crippen molar-refractivity contribution in [1.82, 2.24) is 5.32 Å². The monoisotopic (exact) mass is 299 g/mol. The molecule has 2 aromatic rings. The maximum Gasteiger partial charge on any atom is 0.370 e. The Kier molecular flexibility index (Phi) is 4.78. The molecule has 0 aliphatic rings. The molecule has 1 unspecified atom stereocenters. The van der Waals surface area contributed by atoms with Gasteiger partial charge in [0.1, 0.15) is 5.75 Å². The number of amides is 1. The number of hydrogen-bond acceptors (Lipinski definition) is 3. The minimum absolute atomic E-state index is 0.0792. The van der Waals surface area contributed by atoms with Crippen LogP contribution in [0.3, 0.4) is 0 Å². The van der Waals surface area contributed by atoms with Crippen LogP contribution in [0.15, 0.2) is 60.7 Å². The van der Waals surface area contributed by atoms with Gasteiger partial charge in [0.25, 0.3) is 11.6 Å². The highest BCUT2D eigenvalue weighted by Gasteiger charge is 2.41. The van der Waals surface area contributed by atoms with E-state index >= 15 is 0 Å². The first-order valence-corrected chi connectivity index (χ1v) is 6.92. The molecule has 1 atom stereocenters. The molecule has 0 saturated carbocycles. The molecule has 0 bridgehead atoms. The summed E-state index contributed by atoms with van der Waals surface area (Å²) in [5, 5.41) is 12.0. The SMILES string of the molecule is CCC(NC(=O)c1ccccc1)(Oc1ccccc1)C(=O)O. The molecular weight excluding hydrogens is 282 g/mol. The first-order valence-electron chi connectivity index (χ1n) is 6.92. The summed E-state index contributed by atoms with van der Waals surface area (Å²) in [6.07, 6.45) is 0.0792. The Hall–Kier alpha value is -2.82. The van der Waals surface area contributed by atoms with Crippen molar-refractivity contribution in [2.45, 2.75) is 19.1 Å².